The maximum Gasteiger partial charge on any atom is 0.236 e. The highest BCUT2D eigenvalue weighted by atomic mass is 15.1. The number of H-pyrrole nitrogens is 1. The van der Waals surface area contributed by atoms with Crippen molar-refractivity contribution in [3.63, 3.8) is 0 Å². The number of nitriles is 1. The molecule has 1 N–H and O–H groups in total. The number of fused-ring (bicyclic) bond motifs is 12. The van der Waals surface area contributed by atoms with Crippen LogP contribution in [-0.4, -0.2) is 18.7 Å². The number of aromatic nitrogens is 4. The third-order valence-electron chi connectivity index (χ3n) is 14.3. The van der Waals surface area contributed by atoms with Gasteiger partial charge in [-0.25, -0.2) is 4.85 Å². The highest BCUT2D eigenvalue weighted by molar-refractivity contribution is 6.15. The van der Waals surface area contributed by atoms with E-state index in [0.29, 0.717) is 28.3 Å². The summed E-state index contributed by atoms with van der Waals surface area (Å²) in [4.78, 5) is 7.93. The SMILES string of the molecule is Cc1ccc2[nH]c3ccc(C)cc3c2c1.[C-]#[N+]c1c(-n2c3ccc(C)cc3c3cc(C)ccc32)cc(C#N)c(-n2c3ccc(C)cc3c3cc(C)ccc32)c1-n1c2ccc(C)cc2c2cc(C)ccc21. The Morgan fingerprint density at radius 1 is 0.371 bits per heavy atom. The van der Waals surface area contributed by atoms with Crippen molar-refractivity contribution in [1.82, 2.24) is 18.7 Å². The van der Waals surface area contributed by atoms with Crippen molar-refractivity contribution in [3.05, 3.63) is 213 Å². The van der Waals surface area contributed by atoms with Crippen LogP contribution in [0.3, 0.4) is 0 Å². The lowest BCUT2D eigenvalue weighted by atomic mass is 10.1. The van der Waals surface area contributed by atoms with E-state index in [1.165, 1.54) is 44.1 Å². The van der Waals surface area contributed by atoms with E-state index < -0.39 is 0 Å². The molecule has 0 aliphatic heterocycles. The van der Waals surface area contributed by atoms with Crippen LogP contribution < -0.4 is 0 Å². The first kappa shape index (κ1) is 42.5. The largest absolute Gasteiger partial charge is 0.355 e. The van der Waals surface area contributed by atoms with E-state index >= 15 is 0 Å². The first-order chi connectivity index (χ1) is 33.9. The summed E-state index contributed by atoms with van der Waals surface area (Å²) in [6.07, 6.45) is 0. The van der Waals surface area contributed by atoms with Crippen LogP contribution in [0.1, 0.15) is 50.1 Å². The van der Waals surface area contributed by atoms with Crippen LogP contribution in [0.2, 0.25) is 0 Å². The molecule has 6 heteroatoms. The zero-order valence-corrected chi connectivity index (χ0v) is 40.7. The lowest BCUT2D eigenvalue weighted by Gasteiger charge is -2.23. The molecule has 0 aliphatic carbocycles. The van der Waals surface area contributed by atoms with Crippen LogP contribution in [0.25, 0.3) is 109 Å². The van der Waals surface area contributed by atoms with Gasteiger partial charge in [0.2, 0.25) is 5.69 Å². The summed E-state index contributed by atoms with van der Waals surface area (Å²) in [7, 11) is 0. The van der Waals surface area contributed by atoms with Gasteiger partial charge >= 0.3 is 0 Å². The predicted octanol–water partition coefficient (Wildman–Crippen LogP) is 17.2. The van der Waals surface area contributed by atoms with Gasteiger partial charge in [-0.15, -0.1) is 0 Å². The molecule has 0 radical (unpaired) electrons. The van der Waals surface area contributed by atoms with E-state index in [1.54, 1.807) is 0 Å². The van der Waals surface area contributed by atoms with Crippen molar-refractivity contribution in [2.75, 3.05) is 0 Å². The van der Waals surface area contributed by atoms with Crippen molar-refractivity contribution in [2.24, 2.45) is 0 Å². The summed E-state index contributed by atoms with van der Waals surface area (Å²) >= 11 is 0. The number of aromatic amines is 1. The Hall–Kier alpha value is -8.84. The summed E-state index contributed by atoms with van der Waals surface area (Å²) in [6, 6.07) is 56.9. The van der Waals surface area contributed by atoms with Crippen molar-refractivity contribution < 1.29 is 0 Å². The van der Waals surface area contributed by atoms with E-state index in [-0.39, 0.29) is 0 Å². The van der Waals surface area contributed by atoms with E-state index in [0.717, 1.165) is 87.7 Å². The second-order valence-electron chi connectivity index (χ2n) is 19.6. The highest BCUT2D eigenvalue weighted by Gasteiger charge is 2.29. The Balaban J connectivity index is 0.000000285. The minimum absolute atomic E-state index is 0.475. The smallest absolute Gasteiger partial charge is 0.236 e. The van der Waals surface area contributed by atoms with Crippen molar-refractivity contribution in [3.8, 4) is 23.1 Å². The number of hydrogen-bond acceptors (Lipinski definition) is 1. The van der Waals surface area contributed by atoms with Gasteiger partial charge in [-0.3, -0.25) is 0 Å². The van der Waals surface area contributed by atoms with E-state index in [1.807, 2.05) is 6.07 Å². The molecule has 0 unspecified atom stereocenters. The van der Waals surface area contributed by atoms with E-state index in [2.05, 4.69) is 231 Å². The molecule has 13 rings (SSSR count). The van der Waals surface area contributed by atoms with Crippen LogP contribution in [0.15, 0.2) is 152 Å². The van der Waals surface area contributed by atoms with Gasteiger partial charge in [-0.1, -0.05) is 93.0 Å². The predicted molar refractivity (Wildman–Crippen MR) is 294 cm³/mol. The van der Waals surface area contributed by atoms with Crippen LogP contribution in [-0.2, 0) is 0 Å². The third-order valence-corrected chi connectivity index (χ3v) is 14.3. The fourth-order valence-corrected chi connectivity index (χ4v) is 11.1. The van der Waals surface area contributed by atoms with Gasteiger partial charge < -0.3 is 18.7 Å². The molecular formula is C64H50N6. The maximum atomic E-state index is 11.4. The molecule has 13 aromatic rings. The van der Waals surface area contributed by atoms with Crippen LogP contribution in [0, 0.1) is 73.3 Å². The Morgan fingerprint density at radius 3 is 0.971 bits per heavy atom. The average molecular weight is 903 g/mol. The lowest BCUT2D eigenvalue weighted by Crippen LogP contribution is -2.09. The molecule has 336 valence electrons. The Bertz CT molecular complexity index is 4240. The van der Waals surface area contributed by atoms with Crippen LogP contribution >= 0.6 is 0 Å². The number of nitrogens with zero attached hydrogens (tertiary/aromatic N) is 5. The second kappa shape index (κ2) is 15.9. The summed E-state index contributed by atoms with van der Waals surface area (Å²) in [5.41, 5.74) is 21.0. The molecule has 9 aromatic carbocycles. The Morgan fingerprint density at radius 2 is 0.657 bits per heavy atom. The second-order valence-corrected chi connectivity index (χ2v) is 19.6. The fourth-order valence-electron chi connectivity index (χ4n) is 11.1. The maximum absolute atomic E-state index is 11.4. The first-order valence-electron chi connectivity index (χ1n) is 23.9. The summed E-state index contributed by atoms with van der Waals surface area (Å²) < 4.78 is 6.68. The number of nitrogens with one attached hydrogen (secondary N) is 1. The minimum Gasteiger partial charge on any atom is -0.355 e. The molecule has 0 aliphatic rings. The van der Waals surface area contributed by atoms with Crippen molar-refractivity contribution >= 4 is 92.9 Å². The van der Waals surface area contributed by atoms with Gasteiger partial charge in [0.05, 0.1) is 62.3 Å². The van der Waals surface area contributed by atoms with Gasteiger partial charge in [-0.05, 0) is 159 Å². The zero-order valence-electron chi connectivity index (χ0n) is 40.7. The standard InChI is InChI=1S/C50H37N5.C14H13N/c1-28-8-14-41-35(20-28)36-21-29(2)9-15-42(36)53(41)47-26-34(27-51)49(54-43-16-10-30(3)22-37(43)38-23-31(4)11-17-44(38)54)50(48(47)52-7)55-45-18-12-32(5)24-39(45)40-25-33(6)13-19-46(40)55;1-9-3-5-13-11(7-9)12-8-10(2)4-6-14(12)15-13/h8-26H,1-6H3;3-8,15H,1-2H3. The molecule has 70 heavy (non-hydrogen) atoms. The molecule has 0 bridgehead atoms. The zero-order chi connectivity index (χ0) is 48.3. The molecule has 0 atom stereocenters. The lowest BCUT2D eigenvalue weighted by molar-refractivity contribution is 1.07. The van der Waals surface area contributed by atoms with Crippen LogP contribution in [0.5, 0.6) is 0 Å². The van der Waals surface area contributed by atoms with Crippen molar-refractivity contribution in [2.45, 2.75) is 55.4 Å². The number of rotatable bonds is 3. The van der Waals surface area contributed by atoms with Gasteiger partial charge in [0.1, 0.15) is 6.07 Å². The molecule has 0 saturated heterocycles. The molecule has 0 fully saturated rings. The average Bonchev–Trinajstić information content (AvgIpc) is 4.06. The van der Waals surface area contributed by atoms with Gasteiger partial charge in [0.25, 0.3) is 0 Å². The van der Waals surface area contributed by atoms with Gasteiger partial charge in [0, 0.05) is 54.1 Å². The molecule has 0 amide bonds. The van der Waals surface area contributed by atoms with Gasteiger partial charge in [-0.2, -0.15) is 5.26 Å². The number of hydrogen-bond donors (Lipinski definition) is 1. The summed E-state index contributed by atoms with van der Waals surface area (Å²) in [5.74, 6) is 0. The fraction of sp³-hybridized carbons (Fsp3) is 0.125. The normalized spacial score (nSPS) is 11.7. The molecule has 4 aromatic heterocycles. The quantitative estimate of drug-likeness (QED) is 0.176. The molecule has 0 saturated carbocycles. The molecule has 0 spiro atoms. The molecular weight excluding hydrogens is 853 g/mol. The number of aryl methyl sites for hydroxylation is 8. The van der Waals surface area contributed by atoms with Crippen LogP contribution in [0.4, 0.5) is 5.69 Å². The Labute approximate surface area is 406 Å². The number of benzene rings is 9. The summed E-state index contributed by atoms with van der Waals surface area (Å²) in [6.45, 7) is 26.1. The highest BCUT2D eigenvalue weighted by Crippen LogP contribution is 2.48. The monoisotopic (exact) mass is 902 g/mol. The summed E-state index contributed by atoms with van der Waals surface area (Å²) in [5, 5.41) is 20.7. The van der Waals surface area contributed by atoms with E-state index in [9.17, 15) is 5.26 Å². The third kappa shape index (κ3) is 6.52. The molecule has 6 nitrogen and oxygen atoms in total. The first-order valence-corrected chi connectivity index (χ1v) is 23.9. The van der Waals surface area contributed by atoms with Crippen molar-refractivity contribution in [1.29, 1.82) is 5.26 Å². The van der Waals surface area contributed by atoms with Gasteiger partial charge in [0.15, 0.2) is 0 Å². The topological polar surface area (TPSA) is 58.7 Å². The molecule has 4 heterocycles. The Kier molecular flexibility index (Phi) is 9.64. The van der Waals surface area contributed by atoms with E-state index in [4.69, 9.17) is 6.57 Å². The minimum atomic E-state index is 0.475.